The summed E-state index contributed by atoms with van der Waals surface area (Å²) in [5.41, 5.74) is 4.01. The second-order valence-electron chi connectivity index (χ2n) is 7.01. The van der Waals surface area contributed by atoms with Gasteiger partial charge in [-0.2, -0.15) is 0 Å². The van der Waals surface area contributed by atoms with Crippen molar-refractivity contribution in [1.82, 2.24) is 24.7 Å². The van der Waals surface area contributed by atoms with Gasteiger partial charge in [0.05, 0.1) is 16.8 Å². The Morgan fingerprint density at radius 1 is 1.10 bits per heavy atom. The first-order valence-corrected chi connectivity index (χ1v) is 10.9. The summed E-state index contributed by atoms with van der Waals surface area (Å²) >= 11 is 1.39. The van der Waals surface area contributed by atoms with E-state index >= 15 is 0 Å². The lowest BCUT2D eigenvalue weighted by molar-refractivity contribution is -0.113. The minimum atomic E-state index is -0.0484. The molecule has 0 bridgehead atoms. The minimum absolute atomic E-state index is 0.0484. The molecule has 7 nitrogen and oxygen atoms in total. The molecular weight excluding hydrogens is 396 g/mol. The Morgan fingerprint density at radius 3 is 2.73 bits per heavy atom. The molecule has 0 saturated carbocycles. The van der Waals surface area contributed by atoms with Gasteiger partial charge in [-0.05, 0) is 30.2 Å². The molecule has 4 rings (SSSR count). The van der Waals surface area contributed by atoms with E-state index in [0.29, 0.717) is 0 Å². The number of benzene rings is 2. The predicted molar refractivity (Wildman–Crippen MR) is 120 cm³/mol. The quantitative estimate of drug-likeness (QED) is 0.424. The number of anilines is 1. The maximum Gasteiger partial charge on any atom is 0.234 e. The number of fused-ring (bicyclic) bond motifs is 1. The number of amides is 1. The summed E-state index contributed by atoms with van der Waals surface area (Å²) in [6.07, 6.45) is 2.35. The van der Waals surface area contributed by atoms with Crippen LogP contribution in [0.25, 0.3) is 11.0 Å². The van der Waals surface area contributed by atoms with Crippen molar-refractivity contribution in [2.24, 2.45) is 7.05 Å². The highest BCUT2D eigenvalue weighted by molar-refractivity contribution is 7.99. The van der Waals surface area contributed by atoms with Crippen molar-refractivity contribution < 1.29 is 4.79 Å². The van der Waals surface area contributed by atoms with Crippen LogP contribution in [0.5, 0.6) is 0 Å². The fourth-order valence-corrected chi connectivity index (χ4v) is 4.04. The molecule has 2 heterocycles. The van der Waals surface area contributed by atoms with Crippen molar-refractivity contribution >= 4 is 34.4 Å². The van der Waals surface area contributed by atoms with Gasteiger partial charge in [0.15, 0.2) is 5.16 Å². The van der Waals surface area contributed by atoms with Crippen LogP contribution in [0.2, 0.25) is 0 Å². The van der Waals surface area contributed by atoms with Gasteiger partial charge in [-0.25, -0.2) is 4.98 Å². The Kier molecular flexibility index (Phi) is 6.13. The van der Waals surface area contributed by atoms with Crippen molar-refractivity contribution in [1.29, 1.82) is 0 Å². The lowest BCUT2D eigenvalue weighted by Crippen LogP contribution is -2.15. The second-order valence-corrected chi connectivity index (χ2v) is 7.95. The third kappa shape index (κ3) is 4.54. The number of thioether (sulfide) groups is 1. The lowest BCUT2D eigenvalue weighted by atomic mass is 10.1. The zero-order valence-electron chi connectivity index (χ0n) is 17.1. The van der Waals surface area contributed by atoms with E-state index in [1.165, 1.54) is 11.8 Å². The molecule has 154 valence electrons. The third-order valence-electron chi connectivity index (χ3n) is 4.95. The highest BCUT2D eigenvalue weighted by atomic mass is 32.2. The molecule has 1 amide bonds. The standard InChI is InChI=1S/C22H24N6OS/c1-3-15-8-4-5-9-16(15)25-21(29)14-30-22-27-26-20(28(22)2)13-12-19-23-17-10-6-7-11-18(17)24-19/h4-11H,3,12-14H2,1-2H3,(H,23,24)(H,25,29). The summed E-state index contributed by atoms with van der Waals surface area (Å²) in [4.78, 5) is 20.3. The average Bonchev–Trinajstić information content (AvgIpc) is 3.34. The van der Waals surface area contributed by atoms with Crippen LogP contribution < -0.4 is 5.32 Å². The first kappa shape index (κ1) is 20.2. The first-order chi connectivity index (χ1) is 14.6. The number of hydrogen-bond acceptors (Lipinski definition) is 5. The van der Waals surface area contributed by atoms with Crippen LogP contribution >= 0.6 is 11.8 Å². The average molecular weight is 421 g/mol. The molecule has 4 aromatic rings. The molecule has 0 aliphatic carbocycles. The number of rotatable bonds is 8. The molecule has 0 spiro atoms. The monoisotopic (exact) mass is 420 g/mol. The van der Waals surface area contributed by atoms with Gasteiger partial charge in [-0.3, -0.25) is 4.79 Å². The number of hydrogen-bond donors (Lipinski definition) is 2. The smallest absolute Gasteiger partial charge is 0.234 e. The number of imidazole rings is 1. The molecule has 0 fully saturated rings. The summed E-state index contributed by atoms with van der Waals surface area (Å²) in [6, 6.07) is 15.9. The summed E-state index contributed by atoms with van der Waals surface area (Å²) in [6.45, 7) is 2.08. The molecule has 2 aromatic heterocycles. The molecular formula is C22H24N6OS. The molecule has 2 N–H and O–H groups in total. The maximum absolute atomic E-state index is 12.4. The first-order valence-electron chi connectivity index (χ1n) is 9.96. The van der Waals surface area contributed by atoms with Crippen molar-refractivity contribution in [2.75, 3.05) is 11.1 Å². The van der Waals surface area contributed by atoms with Gasteiger partial charge in [0.25, 0.3) is 0 Å². The fourth-order valence-electron chi connectivity index (χ4n) is 3.31. The number of nitrogens with zero attached hydrogens (tertiary/aromatic N) is 4. The van der Waals surface area contributed by atoms with E-state index < -0.39 is 0 Å². The molecule has 0 aliphatic heterocycles. The van der Waals surface area contributed by atoms with Gasteiger partial charge in [0.1, 0.15) is 11.6 Å². The zero-order chi connectivity index (χ0) is 20.9. The number of H-pyrrole nitrogens is 1. The zero-order valence-corrected chi connectivity index (χ0v) is 17.9. The van der Waals surface area contributed by atoms with Crippen LogP contribution in [0, 0.1) is 0 Å². The Labute approximate surface area is 179 Å². The molecule has 0 saturated heterocycles. The number of aromatic nitrogens is 5. The van der Waals surface area contributed by atoms with Crippen molar-refractivity contribution in [2.45, 2.75) is 31.3 Å². The number of para-hydroxylation sites is 3. The van der Waals surface area contributed by atoms with Gasteiger partial charge in [0.2, 0.25) is 5.91 Å². The maximum atomic E-state index is 12.4. The van der Waals surface area contributed by atoms with Crippen LogP contribution in [0.3, 0.4) is 0 Å². The highest BCUT2D eigenvalue weighted by Crippen LogP contribution is 2.19. The molecule has 30 heavy (non-hydrogen) atoms. The van der Waals surface area contributed by atoms with Crippen molar-refractivity contribution in [3.63, 3.8) is 0 Å². The fraction of sp³-hybridized carbons (Fsp3) is 0.273. The van der Waals surface area contributed by atoms with E-state index in [-0.39, 0.29) is 11.7 Å². The summed E-state index contributed by atoms with van der Waals surface area (Å²) in [5.74, 6) is 2.04. The van der Waals surface area contributed by atoms with E-state index in [9.17, 15) is 4.79 Å². The van der Waals surface area contributed by atoms with Crippen LogP contribution in [0.15, 0.2) is 53.7 Å². The summed E-state index contributed by atoms with van der Waals surface area (Å²) in [5, 5.41) is 12.3. The predicted octanol–water partition coefficient (Wildman–Crippen LogP) is 3.77. The largest absolute Gasteiger partial charge is 0.342 e. The second kappa shape index (κ2) is 9.13. The number of aryl methyl sites for hydroxylation is 3. The number of carbonyl (C=O) groups excluding carboxylic acids is 1. The van der Waals surface area contributed by atoms with E-state index in [4.69, 9.17) is 0 Å². The summed E-state index contributed by atoms with van der Waals surface area (Å²) < 4.78 is 1.95. The number of aromatic amines is 1. The summed E-state index contributed by atoms with van der Waals surface area (Å²) in [7, 11) is 1.93. The number of carbonyl (C=O) groups is 1. The molecule has 0 aliphatic rings. The van der Waals surface area contributed by atoms with Crippen LogP contribution in [-0.2, 0) is 31.1 Å². The third-order valence-corrected chi connectivity index (χ3v) is 5.97. The highest BCUT2D eigenvalue weighted by Gasteiger charge is 2.13. The van der Waals surface area contributed by atoms with Gasteiger partial charge in [0, 0.05) is 25.6 Å². The van der Waals surface area contributed by atoms with Crippen LogP contribution in [0.1, 0.15) is 24.1 Å². The molecule has 2 aromatic carbocycles. The molecule has 0 radical (unpaired) electrons. The molecule has 0 unspecified atom stereocenters. The van der Waals surface area contributed by atoms with E-state index in [1.807, 2.05) is 60.1 Å². The Balaban J connectivity index is 1.33. The molecule has 8 heteroatoms. The van der Waals surface area contributed by atoms with E-state index in [2.05, 4.69) is 32.4 Å². The Hall–Kier alpha value is -3.13. The van der Waals surface area contributed by atoms with Gasteiger partial charge >= 0.3 is 0 Å². The van der Waals surface area contributed by atoms with Gasteiger partial charge in [-0.1, -0.05) is 49.0 Å². The van der Waals surface area contributed by atoms with E-state index in [1.54, 1.807) is 0 Å². The normalized spacial score (nSPS) is 11.1. The van der Waals surface area contributed by atoms with Gasteiger partial charge < -0.3 is 14.9 Å². The minimum Gasteiger partial charge on any atom is -0.342 e. The van der Waals surface area contributed by atoms with E-state index in [0.717, 1.165) is 58.4 Å². The number of nitrogens with one attached hydrogen (secondary N) is 2. The molecule has 0 atom stereocenters. The van der Waals surface area contributed by atoms with Crippen LogP contribution in [0.4, 0.5) is 5.69 Å². The Bertz CT molecular complexity index is 1130. The lowest BCUT2D eigenvalue weighted by Gasteiger charge is -2.09. The van der Waals surface area contributed by atoms with Crippen LogP contribution in [-0.4, -0.2) is 36.4 Å². The van der Waals surface area contributed by atoms with Gasteiger partial charge in [-0.15, -0.1) is 10.2 Å². The topological polar surface area (TPSA) is 88.5 Å². The Morgan fingerprint density at radius 2 is 1.90 bits per heavy atom. The van der Waals surface area contributed by atoms with Crippen molar-refractivity contribution in [3.8, 4) is 0 Å². The van der Waals surface area contributed by atoms with Crippen molar-refractivity contribution in [3.05, 3.63) is 65.7 Å². The SMILES string of the molecule is CCc1ccccc1NC(=O)CSc1nnc(CCc2nc3ccccc3[nH]2)n1C.